The number of fused-ring (bicyclic) bond motifs is 3. The smallest absolute Gasteiger partial charge is 0.311 e. The fraction of sp³-hybridized carbons (Fsp3) is 0.786. The molecule has 0 aromatic carbocycles. The quantitative estimate of drug-likeness (QED) is 0.409. The van der Waals surface area contributed by atoms with Crippen LogP contribution in [0.25, 0.3) is 0 Å². The lowest BCUT2D eigenvalue weighted by Crippen LogP contribution is -2.54. The average molecular weight is 486 g/mol. The molecule has 4 heterocycles. The Morgan fingerprint density at radius 3 is 2.88 bits per heavy atom. The summed E-state index contributed by atoms with van der Waals surface area (Å²) in [4.78, 5) is 28.4. The van der Waals surface area contributed by atoms with Crippen LogP contribution in [0.3, 0.4) is 0 Å². The Morgan fingerprint density at radius 2 is 2.12 bits per heavy atom. The van der Waals surface area contributed by atoms with Crippen LogP contribution in [-0.2, 0) is 19.1 Å². The van der Waals surface area contributed by atoms with Crippen LogP contribution in [0, 0.1) is 28.1 Å². The molecular formula is C28H39NO4S. The van der Waals surface area contributed by atoms with Gasteiger partial charge >= 0.3 is 5.97 Å². The molecular weight excluding hydrogens is 446 g/mol. The standard InChI is InChI=1S/C28H39NO4S/c1-17-7-10-21-25(2,11-6-12-26(21,3)24(31)32-5)20(17)9-8-18-15-19-16-27(4)22(30)29-13-14-34-23(29)28(18,27)33-19/h15,19-21,23H,1,6-14,16H2,2-5H3/t19-,20+,21-,23-,25-,26+,27+,28-/m1/s1. The van der Waals surface area contributed by atoms with Crippen molar-refractivity contribution in [1.29, 1.82) is 0 Å². The summed E-state index contributed by atoms with van der Waals surface area (Å²) in [5.41, 5.74) is 1.45. The van der Waals surface area contributed by atoms with E-state index in [1.54, 1.807) is 0 Å². The third-order valence-electron chi connectivity index (χ3n) is 11.0. The van der Waals surface area contributed by atoms with Crippen LogP contribution in [0.2, 0.25) is 0 Å². The lowest BCUT2D eigenvalue weighted by molar-refractivity contribution is -0.168. The zero-order valence-electron chi connectivity index (χ0n) is 21.2. The number of allylic oxidation sites excluding steroid dienone is 1. The molecule has 8 atom stereocenters. The molecule has 1 amide bonds. The van der Waals surface area contributed by atoms with E-state index < -0.39 is 16.4 Å². The highest BCUT2D eigenvalue weighted by Crippen LogP contribution is 2.67. The molecule has 5 fully saturated rings. The maximum absolute atomic E-state index is 13.4. The van der Waals surface area contributed by atoms with Gasteiger partial charge in [-0.15, -0.1) is 11.8 Å². The molecule has 0 N–H and O–H groups in total. The second-order valence-electron chi connectivity index (χ2n) is 12.5. The lowest BCUT2D eigenvalue weighted by atomic mass is 9.46. The Bertz CT molecular complexity index is 993. The van der Waals surface area contributed by atoms with Gasteiger partial charge in [0, 0.05) is 12.3 Å². The number of carbonyl (C=O) groups is 2. The number of hydrogen-bond donors (Lipinski definition) is 0. The van der Waals surface area contributed by atoms with Crippen molar-refractivity contribution in [1.82, 2.24) is 4.90 Å². The van der Waals surface area contributed by atoms with Gasteiger partial charge in [0.25, 0.3) is 0 Å². The maximum atomic E-state index is 13.4. The summed E-state index contributed by atoms with van der Waals surface area (Å²) in [6.07, 6.45) is 10.3. The first-order chi connectivity index (χ1) is 16.1. The third-order valence-corrected chi connectivity index (χ3v) is 12.3. The first-order valence-corrected chi connectivity index (χ1v) is 14.2. The van der Waals surface area contributed by atoms with Crippen LogP contribution < -0.4 is 0 Å². The zero-order valence-corrected chi connectivity index (χ0v) is 22.0. The highest BCUT2D eigenvalue weighted by Gasteiger charge is 2.76. The van der Waals surface area contributed by atoms with Gasteiger partial charge < -0.3 is 14.4 Å². The first kappa shape index (κ1) is 23.1. The molecule has 3 saturated heterocycles. The molecule has 34 heavy (non-hydrogen) atoms. The van der Waals surface area contributed by atoms with E-state index in [4.69, 9.17) is 9.47 Å². The number of amides is 1. The summed E-state index contributed by atoms with van der Waals surface area (Å²) >= 11 is 1.90. The molecule has 0 radical (unpaired) electrons. The van der Waals surface area contributed by atoms with Crippen molar-refractivity contribution in [3.8, 4) is 0 Å². The molecule has 1 spiro atoms. The zero-order chi connectivity index (χ0) is 24.1. The molecule has 0 unspecified atom stereocenters. The van der Waals surface area contributed by atoms with E-state index in [2.05, 4.69) is 38.3 Å². The summed E-state index contributed by atoms with van der Waals surface area (Å²) in [6, 6.07) is 0. The Balaban J connectivity index is 1.29. The van der Waals surface area contributed by atoms with Crippen molar-refractivity contribution in [2.75, 3.05) is 19.4 Å². The van der Waals surface area contributed by atoms with Gasteiger partial charge in [0.15, 0.2) is 0 Å². The fourth-order valence-electron chi connectivity index (χ4n) is 9.43. The second-order valence-corrected chi connectivity index (χ2v) is 13.6. The van der Waals surface area contributed by atoms with E-state index >= 15 is 0 Å². The molecule has 6 aliphatic rings. The summed E-state index contributed by atoms with van der Waals surface area (Å²) in [5, 5.41) is 0.124. The van der Waals surface area contributed by atoms with E-state index in [-0.39, 0.29) is 22.9 Å². The number of hydrogen-bond acceptors (Lipinski definition) is 5. The second kappa shape index (κ2) is 7.38. The number of esters is 1. The minimum atomic E-state index is -0.459. The Kier molecular flexibility index (Phi) is 5.02. The Labute approximate surface area is 208 Å². The molecule has 0 aromatic heterocycles. The van der Waals surface area contributed by atoms with Crippen LogP contribution >= 0.6 is 11.8 Å². The van der Waals surface area contributed by atoms with Crippen LogP contribution in [0.5, 0.6) is 0 Å². The largest absolute Gasteiger partial charge is 0.469 e. The monoisotopic (exact) mass is 485 g/mol. The van der Waals surface area contributed by atoms with Crippen LogP contribution in [0.1, 0.15) is 72.1 Å². The van der Waals surface area contributed by atoms with Gasteiger partial charge in [0.05, 0.1) is 24.0 Å². The topological polar surface area (TPSA) is 55.8 Å². The molecule has 0 aromatic rings. The minimum absolute atomic E-state index is 0.0450. The fourth-order valence-corrected chi connectivity index (χ4v) is 11.0. The average Bonchev–Trinajstić information content (AvgIpc) is 3.52. The molecule has 2 bridgehead atoms. The van der Waals surface area contributed by atoms with Crippen molar-refractivity contribution >= 4 is 23.6 Å². The SMILES string of the molecule is C=C1CC[C@@H]2[C@](C)(CCC[C@]2(C)C(=O)OC)[C@H]1CCC1=C[C@@H]2C[C@@]3(C)C(=O)N4CCS[C@@H]4[C@]13O2. The highest BCUT2D eigenvalue weighted by atomic mass is 32.2. The molecule has 6 rings (SSSR count). The van der Waals surface area contributed by atoms with Gasteiger partial charge in [0.2, 0.25) is 5.91 Å². The molecule has 2 aliphatic carbocycles. The molecule has 186 valence electrons. The van der Waals surface area contributed by atoms with Crippen molar-refractivity contribution in [3.05, 3.63) is 23.8 Å². The van der Waals surface area contributed by atoms with Crippen LogP contribution in [0.4, 0.5) is 0 Å². The number of thioether (sulfide) groups is 1. The number of nitrogens with zero attached hydrogens (tertiary/aromatic N) is 1. The molecule has 4 aliphatic heterocycles. The Hall–Kier alpha value is -1.27. The summed E-state index contributed by atoms with van der Waals surface area (Å²) in [5.74, 6) is 1.95. The predicted octanol–water partition coefficient (Wildman–Crippen LogP) is 5.11. The predicted molar refractivity (Wildman–Crippen MR) is 133 cm³/mol. The number of ether oxygens (including phenoxy) is 2. The summed E-state index contributed by atoms with van der Waals surface area (Å²) in [6.45, 7) is 12.1. The van der Waals surface area contributed by atoms with E-state index in [0.717, 1.165) is 63.7 Å². The van der Waals surface area contributed by atoms with Crippen molar-refractivity contribution in [2.24, 2.45) is 28.1 Å². The number of carbonyl (C=O) groups excluding carboxylic acids is 2. The maximum Gasteiger partial charge on any atom is 0.311 e. The van der Waals surface area contributed by atoms with Gasteiger partial charge in [-0.2, -0.15) is 0 Å². The highest BCUT2D eigenvalue weighted by molar-refractivity contribution is 8.00. The van der Waals surface area contributed by atoms with Gasteiger partial charge in [-0.1, -0.05) is 31.6 Å². The van der Waals surface area contributed by atoms with Crippen molar-refractivity contribution in [3.63, 3.8) is 0 Å². The summed E-state index contributed by atoms with van der Waals surface area (Å²) < 4.78 is 12.0. The minimum Gasteiger partial charge on any atom is -0.469 e. The number of methoxy groups -OCH3 is 1. The summed E-state index contributed by atoms with van der Waals surface area (Å²) in [7, 11) is 1.53. The van der Waals surface area contributed by atoms with Crippen LogP contribution in [0.15, 0.2) is 23.8 Å². The lowest BCUT2D eigenvalue weighted by Gasteiger charge is -2.57. The third kappa shape index (κ3) is 2.62. The van der Waals surface area contributed by atoms with Gasteiger partial charge in [0.1, 0.15) is 11.0 Å². The number of rotatable bonds is 4. The van der Waals surface area contributed by atoms with E-state index in [9.17, 15) is 9.59 Å². The van der Waals surface area contributed by atoms with E-state index in [0.29, 0.717) is 17.7 Å². The molecule has 6 heteroatoms. The normalized spacial score (nSPS) is 49.1. The molecule has 2 saturated carbocycles. The van der Waals surface area contributed by atoms with E-state index in [1.165, 1.54) is 18.3 Å². The van der Waals surface area contributed by atoms with Gasteiger partial charge in [-0.3, -0.25) is 9.59 Å². The van der Waals surface area contributed by atoms with Gasteiger partial charge in [-0.05, 0) is 81.6 Å². The van der Waals surface area contributed by atoms with Gasteiger partial charge in [-0.25, -0.2) is 0 Å². The van der Waals surface area contributed by atoms with E-state index in [1.807, 2.05) is 11.8 Å². The van der Waals surface area contributed by atoms with Crippen molar-refractivity contribution < 1.29 is 19.1 Å². The Morgan fingerprint density at radius 1 is 1.32 bits per heavy atom. The first-order valence-electron chi connectivity index (χ1n) is 13.2. The van der Waals surface area contributed by atoms with Crippen LogP contribution in [-0.4, -0.2) is 53.3 Å². The molecule has 5 nitrogen and oxygen atoms in total. The van der Waals surface area contributed by atoms with Crippen molar-refractivity contribution in [2.45, 2.75) is 89.2 Å².